The summed E-state index contributed by atoms with van der Waals surface area (Å²) in [6.07, 6.45) is 0. The predicted octanol–water partition coefficient (Wildman–Crippen LogP) is 2.60. The average Bonchev–Trinajstić information content (AvgIpc) is 2.13. The highest BCUT2D eigenvalue weighted by molar-refractivity contribution is 4.75. The quantitative estimate of drug-likeness (QED) is 0.668. The second-order valence-electron chi connectivity index (χ2n) is 5.65. The molecule has 1 N–H and O–H groups in total. The van der Waals surface area contributed by atoms with Gasteiger partial charge in [-0.1, -0.05) is 41.5 Å². The molecule has 0 unspecified atom stereocenters. The Bertz CT molecular complexity index is 149. The molecule has 0 heterocycles. The van der Waals surface area contributed by atoms with Gasteiger partial charge in [-0.3, -0.25) is 0 Å². The van der Waals surface area contributed by atoms with Crippen LogP contribution in [0.3, 0.4) is 0 Å². The van der Waals surface area contributed by atoms with Gasteiger partial charge in [-0.15, -0.1) is 0 Å². The zero-order valence-electron chi connectivity index (χ0n) is 11.6. The van der Waals surface area contributed by atoms with Gasteiger partial charge in [-0.25, -0.2) is 0 Å². The third-order valence-corrected chi connectivity index (χ3v) is 2.70. The zero-order chi connectivity index (χ0) is 11.9. The first-order valence-corrected chi connectivity index (χ1v) is 6.34. The topological polar surface area (TPSA) is 15.3 Å². The molecule has 0 aliphatic heterocycles. The first-order chi connectivity index (χ1) is 6.91. The van der Waals surface area contributed by atoms with E-state index in [2.05, 4.69) is 51.8 Å². The fourth-order valence-electron chi connectivity index (χ4n) is 1.81. The number of hydrogen-bond acceptors (Lipinski definition) is 2. The molecule has 0 atom stereocenters. The van der Waals surface area contributed by atoms with Crippen LogP contribution in [0.25, 0.3) is 0 Å². The molecule has 0 rings (SSSR count). The van der Waals surface area contributed by atoms with Crippen LogP contribution in [-0.4, -0.2) is 37.6 Å². The fraction of sp³-hybridized carbons (Fsp3) is 1.00. The number of nitrogens with zero attached hydrogens (tertiary/aromatic N) is 1. The number of nitrogens with one attached hydrogen (secondary N) is 1. The SMILES string of the molecule is CCN(CC)CC(C)(C)CNCC(C)C. The molecule has 0 saturated carbocycles. The molecule has 92 valence electrons. The predicted molar refractivity (Wildman–Crippen MR) is 69.3 cm³/mol. The molecule has 0 spiro atoms. The van der Waals surface area contributed by atoms with Gasteiger partial charge in [-0.2, -0.15) is 0 Å². The number of hydrogen-bond donors (Lipinski definition) is 1. The van der Waals surface area contributed by atoms with E-state index in [-0.39, 0.29) is 0 Å². The van der Waals surface area contributed by atoms with Crippen molar-refractivity contribution in [2.45, 2.75) is 41.5 Å². The molecule has 15 heavy (non-hydrogen) atoms. The molecule has 0 amide bonds. The summed E-state index contributed by atoms with van der Waals surface area (Å²) in [7, 11) is 0. The molecule has 0 aliphatic carbocycles. The maximum Gasteiger partial charge on any atom is 0.00446 e. The Morgan fingerprint density at radius 1 is 1.13 bits per heavy atom. The van der Waals surface area contributed by atoms with Crippen LogP contribution in [-0.2, 0) is 0 Å². The summed E-state index contributed by atoms with van der Waals surface area (Å²) in [5, 5.41) is 3.55. The van der Waals surface area contributed by atoms with Gasteiger partial charge in [-0.05, 0) is 31.0 Å². The first kappa shape index (κ1) is 14.9. The molecule has 0 aromatic rings. The van der Waals surface area contributed by atoms with Crippen LogP contribution >= 0.6 is 0 Å². The Hall–Kier alpha value is -0.0800. The van der Waals surface area contributed by atoms with E-state index >= 15 is 0 Å². The standard InChI is InChI=1S/C13H30N2/c1-7-15(8-2)11-13(5,6)10-14-9-12(3)4/h12,14H,7-11H2,1-6H3. The summed E-state index contributed by atoms with van der Waals surface area (Å²) in [6.45, 7) is 19.4. The van der Waals surface area contributed by atoms with Gasteiger partial charge in [0.1, 0.15) is 0 Å². The minimum absolute atomic E-state index is 0.376. The van der Waals surface area contributed by atoms with Gasteiger partial charge in [0, 0.05) is 13.1 Å². The molecule has 0 aliphatic rings. The van der Waals surface area contributed by atoms with Crippen molar-refractivity contribution in [1.29, 1.82) is 0 Å². The molecule has 0 saturated heterocycles. The van der Waals surface area contributed by atoms with E-state index in [0.717, 1.165) is 32.1 Å². The van der Waals surface area contributed by atoms with Crippen molar-refractivity contribution in [2.75, 3.05) is 32.7 Å². The smallest absolute Gasteiger partial charge is 0.00446 e. The van der Waals surface area contributed by atoms with Gasteiger partial charge in [0.25, 0.3) is 0 Å². The second kappa shape index (κ2) is 7.24. The lowest BCUT2D eigenvalue weighted by Crippen LogP contribution is -2.41. The average molecular weight is 214 g/mol. The molecule has 2 nitrogen and oxygen atoms in total. The normalized spacial score (nSPS) is 12.8. The monoisotopic (exact) mass is 214 g/mol. The van der Waals surface area contributed by atoms with Crippen LogP contribution in [0.5, 0.6) is 0 Å². The van der Waals surface area contributed by atoms with E-state index in [1.54, 1.807) is 0 Å². The molecule has 0 fully saturated rings. The summed E-state index contributed by atoms with van der Waals surface area (Å²) in [5.41, 5.74) is 0.376. The summed E-state index contributed by atoms with van der Waals surface area (Å²) >= 11 is 0. The van der Waals surface area contributed by atoms with Crippen molar-refractivity contribution in [3.05, 3.63) is 0 Å². The maximum absolute atomic E-state index is 3.55. The van der Waals surface area contributed by atoms with Crippen molar-refractivity contribution in [2.24, 2.45) is 11.3 Å². The second-order valence-corrected chi connectivity index (χ2v) is 5.65. The minimum atomic E-state index is 0.376. The van der Waals surface area contributed by atoms with E-state index in [1.165, 1.54) is 6.54 Å². The Morgan fingerprint density at radius 3 is 2.07 bits per heavy atom. The summed E-state index contributed by atoms with van der Waals surface area (Å²) < 4.78 is 0. The highest BCUT2D eigenvalue weighted by Crippen LogP contribution is 2.15. The van der Waals surface area contributed by atoms with Gasteiger partial charge >= 0.3 is 0 Å². The van der Waals surface area contributed by atoms with Crippen molar-refractivity contribution in [3.63, 3.8) is 0 Å². The largest absolute Gasteiger partial charge is 0.316 e. The summed E-state index contributed by atoms with van der Waals surface area (Å²) in [6, 6.07) is 0. The summed E-state index contributed by atoms with van der Waals surface area (Å²) in [4.78, 5) is 2.50. The highest BCUT2D eigenvalue weighted by atomic mass is 15.1. The maximum atomic E-state index is 3.55. The lowest BCUT2D eigenvalue weighted by Gasteiger charge is -2.32. The van der Waals surface area contributed by atoms with E-state index in [9.17, 15) is 0 Å². The molecule has 0 bridgehead atoms. The van der Waals surface area contributed by atoms with Crippen LogP contribution in [0.15, 0.2) is 0 Å². The minimum Gasteiger partial charge on any atom is -0.316 e. The number of rotatable bonds is 8. The molecule has 0 radical (unpaired) electrons. The van der Waals surface area contributed by atoms with Crippen molar-refractivity contribution in [3.8, 4) is 0 Å². The van der Waals surface area contributed by atoms with Gasteiger partial charge in [0.15, 0.2) is 0 Å². The van der Waals surface area contributed by atoms with Crippen LogP contribution in [0.2, 0.25) is 0 Å². The highest BCUT2D eigenvalue weighted by Gasteiger charge is 2.19. The van der Waals surface area contributed by atoms with Crippen molar-refractivity contribution >= 4 is 0 Å². The Balaban J connectivity index is 3.84. The van der Waals surface area contributed by atoms with Crippen LogP contribution in [0.1, 0.15) is 41.5 Å². The molecule has 0 aromatic heterocycles. The van der Waals surface area contributed by atoms with E-state index < -0.39 is 0 Å². The molecular formula is C13H30N2. The van der Waals surface area contributed by atoms with Crippen LogP contribution in [0, 0.1) is 11.3 Å². The Kier molecular flexibility index (Phi) is 7.20. The van der Waals surface area contributed by atoms with Crippen molar-refractivity contribution in [1.82, 2.24) is 10.2 Å². The van der Waals surface area contributed by atoms with Crippen molar-refractivity contribution < 1.29 is 0 Å². The molecule has 0 aromatic carbocycles. The molecular weight excluding hydrogens is 184 g/mol. The van der Waals surface area contributed by atoms with Crippen LogP contribution < -0.4 is 5.32 Å². The first-order valence-electron chi connectivity index (χ1n) is 6.34. The van der Waals surface area contributed by atoms with Gasteiger partial charge < -0.3 is 10.2 Å². The van der Waals surface area contributed by atoms with Crippen LogP contribution in [0.4, 0.5) is 0 Å². The third-order valence-electron chi connectivity index (χ3n) is 2.70. The Labute approximate surface area is 96.4 Å². The fourth-order valence-corrected chi connectivity index (χ4v) is 1.81. The lowest BCUT2D eigenvalue weighted by atomic mass is 9.92. The lowest BCUT2D eigenvalue weighted by molar-refractivity contribution is 0.187. The summed E-state index contributed by atoms with van der Waals surface area (Å²) in [5.74, 6) is 0.745. The molecule has 2 heteroatoms. The third kappa shape index (κ3) is 7.80. The van der Waals surface area contributed by atoms with E-state index in [4.69, 9.17) is 0 Å². The van der Waals surface area contributed by atoms with Gasteiger partial charge in [0.2, 0.25) is 0 Å². The zero-order valence-corrected chi connectivity index (χ0v) is 11.6. The van der Waals surface area contributed by atoms with E-state index in [1.807, 2.05) is 0 Å². The van der Waals surface area contributed by atoms with Gasteiger partial charge in [0.05, 0.1) is 0 Å². The van der Waals surface area contributed by atoms with E-state index in [0.29, 0.717) is 5.41 Å². The Morgan fingerprint density at radius 2 is 1.67 bits per heavy atom.